The van der Waals surface area contributed by atoms with Crippen LogP contribution < -0.4 is 11.1 Å². The highest BCUT2D eigenvalue weighted by Crippen LogP contribution is 2.05. The van der Waals surface area contributed by atoms with E-state index in [0.717, 1.165) is 5.56 Å². The molecular formula is C16H15N3O2. The largest absolute Gasteiger partial charge is 0.445 e. The molecule has 0 atom stereocenters. The number of nitrogen functional groups attached to an aromatic ring is 1. The number of pyridine rings is 1. The highest BCUT2D eigenvalue weighted by Gasteiger charge is 2.00. The van der Waals surface area contributed by atoms with Crippen LogP contribution in [0, 0.1) is 11.8 Å². The molecule has 0 saturated heterocycles. The summed E-state index contributed by atoms with van der Waals surface area (Å²) < 4.78 is 5.05. The van der Waals surface area contributed by atoms with Crippen molar-refractivity contribution in [2.75, 3.05) is 12.3 Å². The summed E-state index contributed by atoms with van der Waals surface area (Å²) in [6.45, 7) is 0.423. The van der Waals surface area contributed by atoms with Crippen molar-refractivity contribution in [3.63, 3.8) is 0 Å². The number of nitrogens with one attached hydrogen (secondary N) is 1. The Bertz CT molecular complexity index is 660. The summed E-state index contributed by atoms with van der Waals surface area (Å²) in [5.41, 5.74) is 7.83. The van der Waals surface area contributed by atoms with Crippen LogP contribution in [0.25, 0.3) is 0 Å². The van der Waals surface area contributed by atoms with Gasteiger partial charge in [-0.1, -0.05) is 42.2 Å². The molecule has 0 unspecified atom stereocenters. The molecule has 2 rings (SSSR count). The Labute approximate surface area is 123 Å². The van der Waals surface area contributed by atoms with E-state index in [4.69, 9.17) is 10.5 Å². The minimum atomic E-state index is -0.504. The van der Waals surface area contributed by atoms with E-state index in [2.05, 4.69) is 22.1 Å². The first kappa shape index (κ1) is 14.4. The van der Waals surface area contributed by atoms with Crippen LogP contribution in [0.2, 0.25) is 0 Å². The molecule has 3 N–H and O–H groups in total. The Morgan fingerprint density at radius 1 is 1.29 bits per heavy atom. The van der Waals surface area contributed by atoms with Gasteiger partial charge in [0.25, 0.3) is 0 Å². The van der Waals surface area contributed by atoms with Gasteiger partial charge in [0.1, 0.15) is 6.61 Å². The molecule has 21 heavy (non-hydrogen) atoms. The average Bonchev–Trinajstić information content (AvgIpc) is 2.52. The molecule has 1 amide bonds. The number of alkyl carbamates (subject to hydrolysis) is 1. The third kappa shape index (κ3) is 4.88. The van der Waals surface area contributed by atoms with Crippen LogP contribution in [0.4, 0.5) is 10.5 Å². The molecule has 106 valence electrons. The van der Waals surface area contributed by atoms with Crippen LogP contribution >= 0.6 is 0 Å². The number of nitrogens with two attached hydrogens (primary N) is 1. The summed E-state index contributed by atoms with van der Waals surface area (Å²) in [6, 6.07) is 11.2. The van der Waals surface area contributed by atoms with Crippen LogP contribution in [0.3, 0.4) is 0 Å². The van der Waals surface area contributed by atoms with Crippen molar-refractivity contribution in [1.29, 1.82) is 0 Å². The minimum Gasteiger partial charge on any atom is -0.445 e. The maximum Gasteiger partial charge on any atom is 0.408 e. The monoisotopic (exact) mass is 281 g/mol. The summed E-state index contributed by atoms with van der Waals surface area (Å²) in [7, 11) is 0. The van der Waals surface area contributed by atoms with Gasteiger partial charge in [0.05, 0.1) is 24.0 Å². The SMILES string of the molecule is Nc1cnccc1C#CCNC(=O)OCc1ccccc1. The van der Waals surface area contributed by atoms with Crippen molar-refractivity contribution in [2.45, 2.75) is 6.61 Å². The molecule has 0 saturated carbocycles. The Morgan fingerprint density at radius 2 is 2.10 bits per heavy atom. The number of anilines is 1. The van der Waals surface area contributed by atoms with Crippen LogP contribution in [-0.4, -0.2) is 17.6 Å². The molecule has 1 aromatic heterocycles. The number of nitrogens with zero attached hydrogens (tertiary/aromatic N) is 1. The number of hydrogen-bond acceptors (Lipinski definition) is 4. The third-order valence-corrected chi connectivity index (χ3v) is 2.61. The van der Waals surface area contributed by atoms with Gasteiger partial charge in [0, 0.05) is 6.20 Å². The first-order chi connectivity index (χ1) is 10.3. The van der Waals surface area contributed by atoms with Gasteiger partial charge in [0.15, 0.2) is 0 Å². The van der Waals surface area contributed by atoms with Gasteiger partial charge in [-0.3, -0.25) is 4.98 Å². The van der Waals surface area contributed by atoms with E-state index < -0.39 is 6.09 Å². The summed E-state index contributed by atoms with van der Waals surface area (Å²) in [4.78, 5) is 15.3. The summed E-state index contributed by atoms with van der Waals surface area (Å²) in [6.07, 6.45) is 2.64. The number of benzene rings is 1. The number of ether oxygens (including phenoxy) is 1. The molecular weight excluding hydrogens is 266 g/mol. The van der Waals surface area contributed by atoms with Gasteiger partial charge in [0.2, 0.25) is 0 Å². The Hall–Kier alpha value is -3.00. The Kier molecular flexibility index (Phi) is 5.18. The summed E-state index contributed by atoms with van der Waals surface area (Å²) in [5, 5.41) is 2.55. The van der Waals surface area contributed by atoms with E-state index in [1.807, 2.05) is 30.3 Å². The van der Waals surface area contributed by atoms with E-state index in [0.29, 0.717) is 11.3 Å². The second kappa shape index (κ2) is 7.56. The lowest BCUT2D eigenvalue weighted by Gasteiger charge is -2.04. The quantitative estimate of drug-likeness (QED) is 0.843. The molecule has 5 heteroatoms. The minimum absolute atomic E-state index is 0.190. The van der Waals surface area contributed by atoms with Gasteiger partial charge in [-0.05, 0) is 11.6 Å². The topological polar surface area (TPSA) is 77.2 Å². The maximum atomic E-state index is 11.5. The summed E-state index contributed by atoms with van der Waals surface area (Å²) in [5.74, 6) is 5.66. The zero-order valence-electron chi connectivity index (χ0n) is 11.4. The van der Waals surface area contributed by atoms with E-state index in [-0.39, 0.29) is 13.2 Å². The van der Waals surface area contributed by atoms with Gasteiger partial charge in [-0.2, -0.15) is 0 Å². The molecule has 1 heterocycles. The third-order valence-electron chi connectivity index (χ3n) is 2.61. The second-order valence-corrected chi connectivity index (χ2v) is 4.18. The number of amides is 1. The molecule has 0 spiro atoms. The Balaban J connectivity index is 1.74. The Morgan fingerprint density at radius 3 is 2.86 bits per heavy atom. The van der Waals surface area contributed by atoms with E-state index in [1.165, 1.54) is 6.20 Å². The second-order valence-electron chi connectivity index (χ2n) is 4.18. The predicted molar refractivity (Wildman–Crippen MR) is 80.2 cm³/mol. The zero-order chi connectivity index (χ0) is 14.9. The first-order valence-electron chi connectivity index (χ1n) is 6.38. The fourth-order valence-electron chi connectivity index (χ4n) is 1.55. The molecule has 0 fully saturated rings. The molecule has 2 aromatic rings. The molecule has 0 radical (unpaired) electrons. The average molecular weight is 281 g/mol. The van der Waals surface area contributed by atoms with Gasteiger partial charge < -0.3 is 15.8 Å². The molecule has 1 aromatic carbocycles. The first-order valence-corrected chi connectivity index (χ1v) is 6.38. The molecule has 0 aliphatic heterocycles. The number of carbonyl (C=O) groups excluding carboxylic acids is 1. The van der Waals surface area contributed by atoms with Crippen LogP contribution in [0.1, 0.15) is 11.1 Å². The lowest BCUT2D eigenvalue weighted by Crippen LogP contribution is -2.24. The smallest absolute Gasteiger partial charge is 0.408 e. The molecule has 0 aliphatic carbocycles. The van der Waals surface area contributed by atoms with Crippen LogP contribution in [-0.2, 0) is 11.3 Å². The van der Waals surface area contributed by atoms with Crippen LogP contribution in [0.5, 0.6) is 0 Å². The number of hydrogen-bond donors (Lipinski definition) is 2. The zero-order valence-corrected chi connectivity index (χ0v) is 11.4. The highest BCUT2D eigenvalue weighted by molar-refractivity contribution is 5.67. The molecule has 0 bridgehead atoms. The predicted octanol–water partition coefficient (Wildman–Crippen LogP) is 1.94. The molecule has 0 aliphatic rings. The maximum absolute atomic E-state index is 11.5. The summed E-state index contributed by atoms with van der Waals surface area (Å²) >= 11 is 0. The van der Waals surface area contributed by atoms with E-state index >= 15 is 0 Å². The lowest BCUT2D eigenvalue weighted by atomic mass is 10.2. The lowest BCUT2D eigenvalue weighted by molar-refractivity contribution is 0.141. The van der Waals surface area contributed by atoms with E-state index in [1.54, 1.807) is 12.3 Å². The number of aromatic nitrogens is 1. The fourth-order valence-corrected chi connectivity index (χ4v) is 1.55. The standard InChI is InChI=1S/C16H15N3O2/c17-15-11-18-10-8-14(15)7-4-9-19-16(20)21-12-13-5-2-1-3-6-13/h1-3,5-6,8,10-11H,9,12,17H2,(H,19,20). The normalized spacial score (nSPS) is 9.33. The van der Waals surface area contributed by atoms with Gasteiger partial charge >= 0.3 is 6.09 Å². The van der Waals surface area contributed by atoms with Gasteiger partial charge in [-0.25, -0.2) is 4.79 Å². The fraction of sp³-hybridized carbons (Fsp3) is 0.125. The van der Waals surface area contributed by atoms with Gasteiger partial charge in [-0.15, -0.1) is 0 Å². The number of carbonyl (C=O) groups is 1. The van der Waals surface area contributed by atoms with Crippen molar-refractivity contribution >= 4 is 11.8 Å². The van der Waals surface area contributed by atoms with Crippen molar-refractivity contribution < 1.29 is 9.53 Å². The molecule has 5 nitrogen and oxygen atoms in total. The van der Waals surface area contributed by atoms with Crippen molar-refractivity contribution in [3.8, 4) is 11.8 Å². The highest BCUT2D eigenvalue weighted by atomic mass is 16.5. The number of rotatable bonds is 3. The van der Waals surface area contributed by atoms with Crippen molar-refractivity contribution in [2.24, 2.45) is 0 Å². The van der Waals surface area contributed by atoms with E-state index in [9.17, 15) is 4.79 Å². The van der Waals surface area contributed by atoms with Crippen molar-refractivity contribution in [3.05, 3.63) is 59.9 Å². The van der Waals surface area contributed by atoms with Crippen molar-refractivity contribution in [1.82, 2.24) is 10.3 Å². The van der Waals surface area contributed by atoms with Crippen LogP contribution in [0.15, 0.2) is 48.8 Å².